The summed E-state index contributed by atoms with van der Waals surface area (Å²) in [6.07, 6.45) is 5.50. The van der Waals surface area contributed by atoms with E-state index in [-0.39, 0.29) is 11.5 Å². The number of carbonyl (C=O) groups excluding carboxylic acids is 1. The molecule has 1 fully saturated rings. The number of benzene rings is 2. The standard InChI is InChI=1S/C23H20N4O2S/c1-16-20(22(29)27(26(16)2)18-13-7-4-8-14-18)24-23-25-21(28)19(30-23)15-9-12-17-10-5-3-6-11-17/h3-15H,1-2H3,(H,24,25,28). The number of nitrogens with one attached hydrogen (secondary N) is 1. The molecule has 1 aliphatic rings. The van der Waals surface area contributed by atoms with Crippen LogP contribution < -0.4 is 10.9 Å². The molecule has 0 saturated carbocycles. The highest BCUT2D eigenvalue weighted by molar-refractivity contribution is 8.18. The van der Waals surface area contributed by atoms with Crippen molar-refractivity contribution < 1.29 is 4.79 Å². The van der Waals surface area contributed by atoms with Crippen molar-refractivity contribution in [3.63, 3.8) is 0 Å². The minimum atomic E-state index is -0.232. The average molecular weight is 417 g/mol. The molecule has 1 aromatic heterocycles. The van der Waals surface area contributed by atoms with E-state index in [1.165, 1.54) is 11.8 Å². The molecule has 2 aromatic carbocycles. The van der Waals surface area contributed by atoms with Gasteiger partial charge < -0.3 is 5.32 Å². The van der Waals surface area contributed by atoms with Crippen LogP contribution in [-0.2, 0) is 11.8 Å². The molecule has 1 aliphatic heterocycles. The highest BCUT2D eigenvalue weighted by Gasteiger charge is 2.25. The third kappa shape index (κ3) is 3.92. The second-order valence-corrected chi connectivity index (χ2v) is 7.71. The topological polar surface area (TPSA) is 68.4 Å². The molecule has 0 spiro atoms. The van der Waals surface area contributed by atoms with Gasteiger partial charge in [0.15, 0.2) is 10.9 Å². The molecule has 6 nitrogen and oxygen atoms in total. The van der Waals surface area contributed by atoms with E-state index in [0.717, 1.165) is 11.3 Å². The zero-order valence-corrected chi connectivity index (χ0v) is 17.4. The van der Waals surface area contributed by atoms with Crippen LogP contribution in [0, 0.1) is 6.92 Å². The summed E-state index contributed by atoms with van der Waals surface area (Å²) in [5.41, 5.74) is 2.60. The second-order valence-electron chi connectivity index (χ2n) is 6.68. The van der Waals surface area contributed by atoms with Crippen molar-refractivity contribution in [1.82, 2.24) is 14.7 Å². The number of hydrogen-bond donors (Lipinski definition) is 1. The Morgan fingerprint density at radius 3 is 2.37 bits per heavy atom. The normalized spacial score (nSPS) is 16.7. The van der Waals surface area contributed by atoms with Crippen molar-refractivity contribution >= 4 is 34.6 Å². The Bertz CT molecular complexity index is 1240. The fourth-order valence-electron chi connectivity index (χ4n) is 3.09. The number of allylic oxidation sites excluding steroid dienone is 2. The van der Waals surface area contributed by atoms with E-state index in [1.54, 1.807) is 15.4 Å². The predicted molar refractivity (Wildman–Crippen MR) is 122 cm³/mol. The monoisotopic (exact) mass is 416 g/mol. The minimum absolute atomic E-state index is 0.228. The lowest BCUT2D eigenvalue weighted by Crippen LogP contribution is -2.21. The summed E-state index contributed by atoms with van der Waals surface area (Å²) in [6, 6.07) is 19.2. The van der Waals surface area contributed by atoms with Gasteiger partial charge in [0.2, 0.25) is 0 Å². The van der Waals surface area contributed by atoms with Crippen LogP contribution in [0.1, 0.15) is 11.3 Å². The minimum Gasteiger partial charge on any atom is -0.300 e. The summed E-state index contributed by atoms with van der Waals surface area (Å²) in [5.74, 6) is -0.228. The fraction of sp³-hybridized carbons (Fsp3) is 0.0870. The van der Waals surface area contributed by atoms with Gasteiger partial charge in [0.05, 0.1) is 16.3 Å². The fourth-order valence-corrected chi connectivity index (χ4v) is 3.87. The van der Waals surface area contributed by atoms with Crippen LogP contribution in [0.5, 0.6) is 0 Å². The number of hydrogen-bond acceptors (Lipinski definition) is 4. The molecular weight excluding hydrogens is 396 g/mol. The number of thioether (sulfide) groups is 1. The van der Waals surface area contributed by atoms with E-state index in [4.69, 9.17) is 0 Å². The largest absolute Gasteiger partial charge is 0.300 e. The Morgan fingerprint density at radius 2 is 1.67 bits per heavy atom. The Labute approximate surface area is 178 Å². The molecule has 1 saturated heterocycles. The summed E-state index contributed by atoms with van der Waals surface area (Å²) < 4.78 is 3.33. The zero-order chi connectivity index (χ0) is 21.1. The van der Waals surface area contributed by atoms with Gasteiger partial charge in [-0.2, -0.15) is 0 Å². The smallest absolute Gasteiger partial charge is 0.297 e. The molecule has 3 aromatic rings. The van der Waals surface area contributed by atoms with Gasteiger partial charge in [0.1, 0.15) is 0 Å². The highest BCUT2D eigenvalue weighted by atomic mass is 32.2. The van der Waals surface area contributed by atoms with Crippen LogP contribution in [-0.4, -0.2) is 20.4 Å². The van der Waals surface area contributed by atoms with Crippen LogP contribution in [0.25, 0.3) is 11.8 Å². The lowest BCUT2D eigenvalue weighted by Gasteiger charge is -2.07. The van der Waals surface area contributed by atoms with E-state index >= 15 is 0 Å². The summed E-state index contributed by atoms with van der Waals surface area (Å²) >= 11 is 1.22. The molecule has 2 heterocycles. The first kappa shape index (κ1) is 19.7. The van der Waals surface area contributed by atoms with Gasteiger partial charge in [-0.15, -0.1) is 0 Å². The van der Waals surface area contributed by atoms with Gasteiger partial charge in [0, 0.05) is 7.05 Å². The number of carbonyl (C=O) groups is 1. The molecule has 7 heteroatoms. The Morgan fingerprint density at radius 1 is 1.00 bits per heavy atom. The molecule has 4 rings (SSSR count). The Kier molecular flexibility index (Phi) is 5.54. The van der Waals surface area contributed by atoms with E-state index < -0.39 is 0 Å². The third-order valence-corrected chi connectivity index (χ3v) is 5.65. The molecule has 0 aliphatic carbocycles. The maximum Gasteiger partial charge on any atom is 0.297 e. The van der Waals surface area contributed by atoms with Crippen molar-refractivity contribution in [2.45, 2.75) is 6.92 Å². The maximum atomic E-state index is 13.0. The molecule has 150 valence electrons. The van der Waals surface area contributed by atoms with Gasteiger partial charge in [-0.3, -0.25) is 14.3 Å². The first-order valence-electron chi connectivity index (χ1n) is 9.40. The van der Waals surface area contributed by atoms with Gasteiger partial charge >= 0.3 is 0 Å². The number of nitrogens with zero attached hydrogens (tertiary/aromatic N) is 3. The van der Waals surface area contributed by atoms with Crippen LogP contribution in [0.2, 0.25) is 0 Å². The van der Waals surface area contributed by atoms with Gasteiger partial charge in [0.25, 0.3) is 11.5 Å². The molecule has 0 unspecified atom stereocenters. The van der Waals surface area contributed by atoms with Gasteiger partial charge in [-0.25, -0.2) is 9.67 Å². The number of amidine groups is 1. The van der Waals surface area contributed by atoms with E-state index in [1.807, 2.05) is 86.8 Å². The Hall–Kier alpha value is -3.58. The summed E-state index contributed by atoms with van der Waals surface area (Å²) in [4.78, 5) is 30.2. The van der Waals surface area contributed by atoms with Crippen LogP contribution >= 0.6 is 11.8 Å². The van der Waals surface area contributed by atoms with Crippen LogP contribution in [0.15, 0.2) is 87.5 Å². The number of para-hydroxylation sites is 1. The molecule has 1 N–H and O–H groups in total. The van der Waals surface area contributed by atoms with Crippen molar-refractivity contribution in [3.05, 3.63) is 99.3 Å². The summed E-state index contributed by atoms with van der Waals surface area (Å²) in [6.45, 7) is 1.83. The van der Waals surface area contributed by atoms with Gasteiger partial charge in [-0.05, 0) is 42.5 Å². The molecule has 30 heavy (non-hydrogen) atoms. The number of amides is 1. The highest BCUT2D eigenvalue weighted by Crippen LogP contribution is 2.26. The molecule has 0 bridgehead atoms. The average Bonchev–Trinajstić information content (AvgIpc) is 3.21. The lowest BCUT2D eigenvalue weighted by atomic mass is 10.2. The van der Waals surface area contributed by atoms with E-state index in [0.29, 0.717) is 21.5 Å². The molecule has 0 radical (unpaired) electrons. The molecular formula is C23H20N4O2S. The van der Waals surface area contributed by atoms with Crippen molar-refractivity contribution in [2.75, 3.05) is 0 Å². The maximum absolute atomic E-state index is 13.0. The molecule has 1 amide bonds. The first-order valence-corrected chi connectivity index (χ1v) is 10.2. The quantitative estimate of drug-likeness (QED) is 0.655. The number of rotatable bonds is 4. The Balaban J connectivity index is 1.61. The number of aliphatic imine (C=N–C) groups is 1. The third-order valence-electron chi connectivity index (χ3n) is 4.72. The molecule has 0 atom stereocenters. The summed E-state index contributed by atoms with van der Waals surface area (Å²) in [5, 5.41) is 3.13. The number of aromatic nitrogens is 2. The van der Waals surface area contributed by atoms with Crippen molar-refractivity contribution in [2.24, 2.45) is 12.0 Å². The van der Waals surface area contributed by atoms with E-state index in [9.17, 15) is 9.59 Å². The SMILES string of the molecule is Cc1c(N=C2NC(=O)C(=CC=Cc3ccccc3)S2)c(=O)n(-c2ccccc2)n1C. The van der Waals surface area contributed by atoms with Crippen molar-refractivity contribution in [1.29, 1.82) is 0 Å². The second kappa shape index (κ2) is 8.42. The van der Waals surface area contributed by atoms with Gasteiger partial charge in [-0.1, -0.05) is 60.7 Å². The zero-order valence-electron chi connectivity index (χ0n) is 16.6. The first-order chi connectivity index (χ1) is 14.5. The van der Waals surface area contributed by atoms with E-state index in [2.05, 4.69) is 10.3 Å². The lowest BCUT2D eigenvalue weighted by molar-refractivity contribution is -0.115. The van der Waals surface area contributed by atoms with Crippen LogP contribution in [0.3, 0.4) is 0 Å². The predicted octanol–water partition coefficient (Wildman–Crippen LogP) is 3.93. The van der Waals surface area contributed by atoms with Crippen molar-refractivity contribution in [3.8, 4) is 5.69 Å². The van der Waals surface area contributed by atoms with Crippen LogP contribution in [0.4, 0.5) is 5.69 Å². The summed E-state index contributed by atoms with van der Waals surface area (Å²) in [7, 11) is 1.81.